The highest BCUT2D eigenvalue weighted by Gasteiger charge is 2.29. The van der Waals surface area contributed by atoms with Crippen LogP contribution in [0, 0.1) is 5.82 Å². The highest BCUT2D eigenvalue weighted by Crippen LogP contribution is 2.38. The van der Waals surface area contributed by atoms with Gasteiger partial charge < -0.3 is 14.6 Å². The van der Waals surface area contributed by atoms with Crippen molar-refractivity contribution in [2.24, 2.45) is 0 Å². The van der Waals surface area contributed by atoms with E-state index in [1.54, 1.807) is 18.5 Å². The van der Waals surface area contributed by atoms with E-state index in [1.807, 2.05) is 0 Å². The zero-order valence-electron chi connectivity index (χ0n) is 15.7. The Kier molecular flexibility index (Phi) is 4.46. The second-order valence-corrected chi connectivity index (χ2v) is 7.31. The first-order valence-corrected chi connectivity index (χ1v) is 9.71. The molecular formula is C21H19FN4O3. The van der Waals surface area contributed by atoms with Crippen LogP contribution in [0.4, 0.5) is 4.39 Å². The number of nitrogens with zero attached hydrogens (tertiary/aromatic N) is 3. The van der Waals surface area contributed by atoms with Crippen LogP contribution in [0.1, 0.15) is 40.2 Å². The molecule has 0 saturated heterocycles. The SMILES string of the molecule is O=C(NC[C@H]1Cc2cc(F)cc(-c3ncccn3)c2O1)c1onc2c1CCCC2. The van der Waals surface area contributed by atoms with Gasteiger partial charge in [-0.1, -0.05) is 5.16 Å². The molecule has 148 valence electrons. The standard InChI is InChI=1S/C21H19FN4O3/c22-13-8-12-9-14(28-18(12)16(10-13)20-23-6-3-7-24-20)11-25-21(27)19-15-4-1-2-5-17(15)26-29-19/h3,6-8,10,14H,1-2,4-5,9,11H2,(H,25,27)/t14-/m1/s1. The van der Waals surface area contributed by atoms with Crippen molar-refractivity contribution < 1.29 is 18.4 Å². The maximum atomic E-state index is 14.1. The molecule has 0 spiro atoms. The average Bonchev–Trinajstić information content (AvgIpc) is 3.36. The fourth-order valence-electron chi connectivity index (χ4n) is 3.97. The number of carbonyl (C=O) groups is 1. The lowest BCUT2D eigenvalue weighted by atomic mass is 9.96. The number of halogens is 1. The van der Waals surface area contributed by atoms with Gasteiger partial charge in [-0.05, 0) is 43.9 Å². The van der Waals surface area contributed by atoms with E-state index in [2.05, 4.69) is 20.4 Å². The van der Waals surface area contributed by atoms with E-state index >= 15 is 0 Å². The highest BCUT2D eigenvalue weighted by molar-refractivity contribution is 5.93. The molecule has 0 radical (unpaired) electrons. The number of ether oxygens (including phenoxy) is 1. The van der Waals surface area contributed by atoms with Gasteiger partial charge >= 0.3 is 0 Å². The molecule has 1 aromatic carbocycles. The van der Waals surface area contributed by atoms with E-state index in [-0.39, 0.29) is 24.4 Å². The summed E-state index contributed by atoms with van der Waals surface area (Å²) < 4.78 is 25.4. The maximum absolute atomic E-state index is 14.1. The molecule has 0 saturated carbocycles. The molecule has 5 rings (SSSR count). The van der Waals surface area contributed by atoms with E-state index in [1.165, 1.54) is 12.1 Å². The van der Waals surface area contributed by atoms with Crippen molar-refractivity contribution >= 4 is 5.91 Å². The monoisotopic (exact) mass is 394 g/mol. The fraction of sp³-hybridized carbons (Fsp3) is 0.333. The topological polar surface area (TPSA) is 90.1 Å². The van der Waals surface area contributed by atoms with Crippen LogP contribution in [0.3, 0.4) is 0 Å². The number of benzene rings is 1. The predicted molar refractivity (Wildman–Crippen MR) is 101 cm³/mol. The van der Waals surface area contributed by atoms with Crippen LogP contribution in [0.2, 0.25) is 0 Å². The second kappa shape index (κ2) is 7.27. The quantitative estimate of drug-likeness (QED) is 0.732. The summed E-state index contributed by atoms with van der Waals surface area (Å²) in [5.74, 6) is 0.598. The van der Waals surface area contributed by atoms with Crippen LogP contribution in [-0.2, 0) is 19.3 Å². The molecule has 2 aliphatic rings. The zero-order valence-corrected chi connectivity index (χ0v) is 15.7. The van der Waals surface area contributed by atoms with Crippen LogP contribution in [0.5, 0.6) is 5.75 Å². The van der Waals surface area contributed by atoms with Gasteiger partial charge in [0.05, 0.1) is 17.8 Å². The van der Waals surface area contributed by atoms with Gasteiger partial charge in [-0.2, -0.15) is 0 Å². The summed E-state index contributed by atoms with van der Waals surface area (Å²) in [4.78, 5) is 21.0. The van der Waals surface area contributed by atoms with Crippen molar-refractivity contribution in [3.63, 3.8) is 0 Å². The van der Waals surface area contributed by atoms with Gasteiger partial charge in [-0.3, -0.25) is 4.79 Å². The molecule has 1 aliphatic heterocycles. The maximum Gasteiger partial charge on any atom is 0.290 e. The summed E-state index contributed by atoms with van der Waals surface area (Å²) in [5, 5.41) is 6.89. The van der Waals surface area contributed by atoms with Crippen LogP contribution >= 0.6 is 0 Å². The third kappa shape index (κ3) is 3.35. The van der Waals surface area contributed by atoms with Crippen molar-refractivity contribution in [3.05, 3.63) is 59.0 Å². The summed E-state index contributed by atoms with van der Waals surface area (Å²) in [7, 11) is 0. The number of rotatable bonds is 4. The number of fused-ring (bicyclic) bond motifs is 2. The Bertz CT molecular complexity index is 1070. The molecule has 7 nitrogen and oxygen atoms in total. The van der Waals surface area contributed by atoms with Gasteiger partial charge in [-0.15, -0.1) is 0 Å². The normalized spacial score (nSPS) is 17.3. The Hall–Kier alpha value is -3.29. The summed E-state index contributed by atoms with van der Waals surface area (Å²) in [6.07, 6.45) is 7.15. The Balaban J connectivity index is 1.30. The van der Waals surface area contributed by atoms with Crippen LogP contribution in [-0.4, -0.2) is 33.7 Å². The van der Waals surface area contributed by atoms with Crippen LogP contribution in [0.25, 0.3) is 11.4 Å². The van der Waals surface area contributed by atoms with E-state index in [0.29, 0.717) is 29.3 Å². The lowest BCUT2D eigenvalue weighted by molar-refractivity contribution is 0.0895. The number of carbonyl (C=O) groups excluding carboxylic acids is 1. The van der Waals surface area contributed by atoms with Gasteiger partial charge in [-0.25, -0.2) is 14.4 Å². The smallest absolute Gasteiger partial charge is 0.290 e. The zero-order chi connectivity index (χ0) is 19.8. The fourth-order valence-corrected chi connectivity index (χ4v) is 3.97. The van der Waals surface area contributed by atoms with E-state index in [9.17, 15) is 9.18 Å². The molecule has 1 amide bonds. The van der Waals surface area contributed by atoms with Crippen molar-refractivity contribution in [3.8, 4) is 17.1 Å². The summed E-state index contributed by atoms with van der Waals surface area (Å²) >= 11 is 0. The Morgan fingerprint density at radius 3 is 2.90 bits per heavy atom. The van der Waals surface area contributed by atoms with Gasteiger partial charge in [0.2, 0.25) is 5.76 Å². The van der Waals surface area contributed by atoms with Gasteiger partial charge in [0.1, 0.15) is 17.7 Å². The predicted octanol–water partition coefficient (Wildman–Crippen LogP) is 2.88. The summed E-state index contributed by atoms with van der Waals surface area (Å²) in [6, 6.07) is 4.52. The highest BCUT2D eigenvalue weighted by atomic mass is 19.1. The average molecular weight is 394 g/mol. The molecule has 8 heteroatoms. The van der Waals surface area contributed by atoms with Gasteiger partial charge in [0.15, 0.2) is 5.82 Å². The van der Waals surface area contributed by atoms with Crippen LogP contribution in [0.15, 0.2) is 35.1 Å². The molecule has 2 aromatic heterocycles. The number of aryl methyl sites for hydroxylation is 1. The molecule has 0 bridgehead atoms. The van der Waals surface area contributed by atoms with Crippen molar-refractivity contribution in [2.75, 3.05) is 6.54 Å². The number of hydrogen-bond donors (Lipinski definition) is 1. The Morgan fingerprint density at radius 1 is 1.21 bits per heavy atom. The lowest BCUT2D eigenvalue weighted by Gasteiger charge is -2.13. The van der Waals surface area contributed by atoms with E-state index in [0.717, 1.165) is 42.5 Å². The van der Waals surface area contributed by atoms with Gasteiger partial charge in [0, 0.05) is 29.9 Å². The van der Waals surface area contributed by atoms with Crippen molar-refractivity contribution in [1.29, 1.82) is 0 Å². The molecule has 3 aromatic rings. The summed E-state index contributed by atoms with van der Waals surface area (Å²) in [6.45, 7) is 0.277. The second-order valence-electron chi connectivity index (χ2n) is 7.31. The first kappa shape index (κ1) is 17.8. The van der Waals surface area contributed by atoms with Crippen molar-refractivity contribution in [2.45, 2.75) is 38.2 Å². The van der Waals surface area contributed by atoms with E-state index in [4.69, 9.17) is 9.26 Å². The van der Waals surface area contributed by atoms with Crippen LogP contribution < -0.4 is 10.1 Å². The molecule has 0 fully saturated rings. The minimum Gasteiger partial charge on any atom is -0.487 e. The number of amides is 1. The third-order valence-corrected chi connectivity index (χ3v) is 5.33. The lowest BCUT2D eigenvalue weighted by Crippen LogP contribution is -2.34. The van der Waals surface area contributed by atoms with E-state index < -0.39 is 0 Å². The molecule has 1 N–H and O–H groups in total. The molecular weight excluding hydrogens is 375 g/mol. The molecule has 1 atom stereocenters. The minimum atomic E-state index is -0.368. The van der Waals surface area contributed by atoms with Gasteiger partial charge in [0.25, 0.3) is 5.91 Å². The number of aromatic nitrogens is 3. The summed E-state index contributed by atoms with van der Waals surface area (Å²) in [5.41, 5.74) is 3.05. The molecule has 29 heavy (non-hydrogen) atoms. The minimum absolute atomic E-state index is 0.277. The first-order valence-electron chi connectivity index (χ1n) is 9.71. The largest absolute Gasteiger partial charge is 0.487 e. The number of nitrogens with one attached hydrogen (secondary N) is 1. The molecule has 1 aliphatic carbocycles. The molecule has 3 heterocycles. The Labute approximate surface area is 166 Å². The Morgan fingerprint density at radius 2 is 2.03 bits per heavy atom. The number of hydrogen-bond acceptors (Lipinski definition) is 6. The third-order valence-electron chi connectivity index (χ3n) is 5.33. The van der Waals surface area contributed by atoms with Crippen molar-refractivity contribution in [1.82, 2.24) is 20.4 Å². The first-order chi connectivity index (χ1) is 14.2. The molecule has 0 unspecified atom stereocenters.